The highest BCUT2D eigenvalue weighted by Crippen LogP contribution is 2.20. The molecule has 26 heavy (non-hydrogen) atoms. The zero-order valence-electron chi connectivity index (χ0n) is 16.7. The third-order valence-electron chi connectivity index (χ3n) is 3.62. The number of hydrogen-bond donors (Lipinski definition) is 0. The zero-order valence-corrected chi connectivity index (χ0v) is 17.7. The second kappa shape index (κ2) is 13.3. The van der Waals surface area contributed by atoms with E-state index in [1.807, 2.05) is 20.8 Å². The summed E-state index contributed by atoms with van der Waals surface area (Å²) in [5.74, 6) is 0.851. The molecule has 1 fully saturated rings. The van der Waals surface area contributed by atoms with Crippen LogP contribution in [0.5, 0.6) is 0 Å². The van der Waals surface area contributed by atoms with E-state index in [9.17, 15) is 0 Å². The van der Waals surface area contributed by atoms with Crippen LogP contribution in [0.1, 0.15) is 27.2 Å². The fraction of sp³-hybridized carbons (Fsp3) is 0.882. The van der Waals surface area contributed by atoms with Crippen molar-refractivity contribution in [2.75, 3.05) is 60.5 Å². The summed E-state index contributed by atoms with van der Waals surface area (Å²) in [6.07, 6.45) is 1.05. The van der Waals surface area contributed by atoms with Gasteiger partial charge in [0, 0.05) is 26.9 Å². The molecular weight excluding hydrogens is 360 g/mol. The molecule has 0 radical (unpaired) electrons. The van der Waals surface area contributed by atoms with Crippen molar-refractivity contribution in [2.45, 2.75) is 39.3 Å². The Bertz CT molecular complexity index is 388. The van der Waals surface area contributed by atoms with Crippen molar-refractivity contribution < 1.29 is 37.0 Å². The quantitative estimate of drug-likeness (QED) is 0.161. The molecule has 0 aromatic heterocycles. The molecule has 1 aliphatic heterocycles. The molecule has 1 aliphatic rings. The highest BCUT2D eigenvalue weighted by Gasteiger charge is 2.39. The summed E-state index contributed by atoms with van der Waals surface area (Å²) in [4.78, 5) is 0. The Morgan fingerprint density at radius 3 is 2.12 bits per heavy atom. The van der Waals surface area contributed by atoms with E-state index >= 15 is 0 Å². The lowest BCUT2D eigenvalue weighted by Gasteiger charge is -2.27. The van der Waals surface area contributed by atoms with Gasteiger partial charge in [0.25, 0.3) is 0 Å². The molecule has 0 bridgehead atoms. The highest BCUT2D eigenvalue weighted by molar-refractivity contribution is 6.60. The fourth-order valence-corrected chi connectivity index (χ4v) is 4.10. The third-order valence-corrected chi connectivity index (χ3v) is 6.41. The molecule has 0 aromatic carbocycles. The van der Waals surface area contributed by atoms with Gasteiger partial charge >= 0.3 is 14.7 Å². The summed E-state index contributed by atoms with van der Waals surface area (Å²) >= 11 is 0. The Balaban J connectivity index is 2.58. The van der Waals surface area contributed by atoms with Gasteiger partial charge < -0.3 is 37.0 Å². The van der Waals surface area contributed by atoms with Gasteiger partial charge in [-0.25, -0.2) is 0 Å². The van der Waals surface area contributed by atoms with E-state index in [2.05, 4.69) is 0 Å². The first-order valence-electron chi connectivity index (χ1n) is 9.19. The van der Waals surface area contributed by atoms with Gasteiger partial charge in [0.2, 0.25) is 5.76 Å². The van der Waals surface area contributed by atoms with E-state index in [4.69, 9.17) is 37.0 Å². The van der Waals surface area contributed by atoms with Crippen molar-refractivity contribution in [1.29, 1.82) is 0 Å². The van der Waals surface area contributed by atoms with Crippen LogP contribution in [-0.2, 0) is 37.0 Å². The molecule has 8 nitrogen and oxygen atoms in total. The van der Waals surface area contributed by atoms with Crippen LogP contribution < -0.4 is 0 Å². The first-order chi connectivity index (χ1) is 12.6. The SMILES string of the molecule is CCOC(CO[Si](CCCOCC1CO1)(OC)OC)=C(OCC)OCC. The van der Waals surface area contributed by atoms with Crippen LogP contribution in [0.15, 0.2) is 11.7 Å². The predicted molar refractivity (Wildman–Crippen MR) is 97.6 cm³/mol. The lowest BCUT2D eigenvalue weighted by molar-refractivity contribution is 0.00932. The number of epoxide rings is 1. The number of ether oxygens (including phenoxy) is 5. The summed E-state index contributed by atoms with van der Waals surface area (Å²) in [5, 5.41) is 0. The molecule has 0 spiro atoms. The Labute approximate surface area is 158 Å². The Morgan fingerprint density at radius 1 is 1.00 bits per heavy atom. The molecule has 0 N–H and O–H groups in total. The normalized spacial score (nSPS) is 16.3. The maximum atomic E-state index is 6.03. The van der Waals surface area contributed by atoms with E-state index in [1.54, 1.807) is 14.2 Å². The maximum absolute atomic E-state index is 6.03. The van der Waals surface area contributed by atoms with Crippen LogP contribution in [0.4, 0.5) is 0 Å². The Hall–Kier alpha value is -0.843. The molecule has 0 aliphatic carbocycles. The van der Waals surface area contributed by atoms with Gasteiger partial charge in [-0.05, 0) is 27.2 Å². The van der Waals surface area contributed by atoms with Crippen molar-refractivity contribution in [3.8, 4) is 0 Å². The minimum atomic E-state index is -2.83. The zero-order chi connectivity index (χ0) is 19.3. The van der Waals surface area contributed by atoms with Gasteiger partial charge in [0.1, 0.15) is 12.7 Å². The summed E-state index contributed by atoms with van der Waals surface area (Å²) < 4.78 is 44.6. The average Bonchev–Trinajstić information content (AvgIpc) is 3.47. The predicted octanol–water partition coefficient (Wildman–Crippen LogP) is 2.32. The largest absolute Gasteiger partial charge is 0.500 e. The molecule has 9 heteroatoms. The van der Waals surface area contributed by atoms with E-state index in [0.29, 0.717) is 50.8 Å². The summed E-state index contributed by atoms with van der Waals surface area (Å²) in [6, 6.07) is 0.642. The molecule has 1 saturated heterocycles. The van der Waals surface area contributed by atoms with Crippen LogP contribution >= 0.6 is 0 Å². The third kappa shape index (κ3) is 8.70. The van der Waals surface area contributed by atoms with Crippen LogP contribution in [0.3, 0.4) is 0 Å². The van der Waals surface area contributed by atoms with Crippen molar-refractivity contribution >= 4 is 8.80 Å². The van der Waals surface area contributed by atoms with E-state index in [0.717, 1.165) is 13.0 Å². The lowest BCUT2D eigenvalue weighted by Crippen LogP contribution is -2.44. The summed E-state index contributed by atoms with van der Waals surface area (Å²) in [5.41, 5.74) is 0. The first kappa shape index (κ1) is 23.2. The molecule has 0 saturated carbocycles. The van der Waals surface area contributed by atoms with E-state index in [1.165, 1.54) is 0 Å². The van der Waals surface area contributed by atoms with E-state index in [-0.39, 0.29) is 12.7 Å². The van der Waals surface area contributed by atoms with Crippen LogP contribution in [0.25, 0.3) is 0 Å². The van der Waals surface area contributed by atoms with E-state index < -0.39 is 8.80 Å². The topological polar surface area (TPSA) is 77.1 Å². The summed E-state index contributed by atoms with van der Waals surface area (Å²) in [6.45, 7) is 9.32. The number of hydrogen-bond acceptors (Lipinski definition) is 8. The van der Waals surface area contributed by atoms with Crippen molar-refractivity contribution in [2.24, 2.45) is 0 Å². The smallest absolute Gasteiger partial charge is 0.489 e. The van der Waals surface area contributed by atoms with Gasteiger partial charge in [-0.3, -0.25) is 0 Å². The molecule has 0 amide bonds. The molecule has 1 atom stereocenters. The van der Waals surface area contributed by atoms with Gasteiger partial charge in [0.05, 0.1) is 33.0 Å². The Morgan fingerprint density at radius 2 is 1.62 bits per heavy atom. The maximum Gasteiger partial charge on any atom is 0.500 e. The molecule has 0 aromatic rings. The van der Waals surface area contributed by atoms with Crippen molar-refractivity contribution in [3.63, 3.8) is 0 Å². The number of rotatable bonds is 17. The molecule has 1 heterocycles. The minimum Gasteiger partial charge on any atom is -0.489 e. The van der Waals surface area contributed by atoms with Gasteiger partial charge in [-0.2, -0.15) is 0 Å². The Kier molecular flexibility index (Phi) is 11.9. The van der Waals surface area contributed by atoms with Gasteiger partial charge in [-0.15, -0.1) is 0 Å². The second-order valence-corrected chi connectivity index (χ2v) is 8.49. The average molecular weight is 395 g/mol. The van der Waals surface area contributed by atoms with Crippen LogP contribution in [-0.4, -0.2) is 75.4 Å². The lowest BCUT2D eigenvalue weighted by atomic mass is 10.5. The minimum absolute atomic E-state index is 0.161. The molecule has 154 valence electrons. The fourth-order valence-electron chi connectivity index (χ4n) is 2.22. The molecular formula is C17H34O8Si. The standard InChI is InChI=1S/C17H34O8Si/c1-6-21-16(17(22-7-2)23-8-3)14-25-26(18-4,19-5)11-9-10-20-12-15-13-24-15/h15H,6-14H2,1-5H3. The highest BCUT2D eigenvalue weighted by atomic mass is 28.4. The monoisotopic (exact) mass is 394 g/mol. The molecule has 1 unspecified atom stereocenters. The van der Waals surface area contributed by atoms with Crippen LogP contribution in [0.2, 0.25) is 6.04 Å². The van der Waals surface area contributed by atoms with Gasteiger partial charge in [-0.1, -0.05) is 0 Å². The van der Waals surface area contributed by atoms with Crippen molar-refractivity contribution in [1.82, 2.24) is 0 Å². The summed E-state index contributed by atoms with van der Waals surface area (Å²) in [7, 11) is 0.379. The second-order valence-electron chi connectivity index (χ2n) is 5.52. The van der Waals surface area contributed by atoms with Crippen LogP contribution in [0, 0.1) is 0 Å². The van der Waals surface area contributed by atoms with Crippen molar-refractivity contribution in [3.05, 3.63) is 11.7 Å². The molecule has 1 rings (SSSR count). The van der Waals surface area contributed by atoms with Gasteiger partial charge in [0.15, 0.2) is 0 Å². The first-order valence-corrected chi connectivity index (χ1v) is 11.1.